The summed E-state index contributed by atoms with van der Waals surface area (Å²) in [5.74, 6) is 0. The van der Waals surface area contributed by atoms with Crippen molar-refractivity contribution in [3.05, 3.63) is 59.1 Å². The summed E-state index contributed by atoms with van der Waals surface area (Å²) < 4.78 is 5.14. The largest absolute Gasteiger partial charge is 0.463 e. The fourth-order valence-corrected chi connectivity index (χ4v) is 2.62. The second-order valence-corrected chi connectivity index (χ2v) is 6.19. The standard InChI is InChI=1S/C18H19ClN4O2/c19-13-4-9-15(10-5-13)23-18(24)22-14-6-1-12(2-7-14)3-8-16-11-25-17(20)21-16/h1-2,4-7,9-10,16H,3,8,11H2,(H2,20,21)(H2,22,23,24)/t16-/m0/s1. The van der Waals surface area contributed by atoms with Crippen LogP contribution in [0.5, 0.6) is 0 Å². The minimum absolute atomic E-state index is 0.128. The third-order valence-electron chi connectivity index (χ3n) is 3.81. The van der Waals surface area contributed by atoms with E-state index in [2.05, 4.69) is 15.6 Å². The van der Waals surface area contributed by atoms with Crippen molar-refractivity contribution < 1.29 is 9.53 Å². The average Bonchev–Trinajstić information content (AvgIpc) is 3.02. The Hall–Kier alpha value is -2.73. The number of rotatable bonds is 5. The van der Waals surface area contributed by atoms with Gasteiger partial charge < -0.3 is 21.1 Å². The van der Waals surface area contributed by atoms with Crippen molar-refractivity contribution in [2.75, 3.05) is 17.2 Å². The third kappa shape index (κ3) is 5.12. The molecular formula is C18H19ClN4O2. The van der Waals surface area contributed by atoms with Crippen LogP contribution in [0.4, 0.5) is 16.2 Å². The summed E-state index contributed by atoms with van der Waals surface area (Å²) in [4.78, 5) is 16.2. The lowest BCUT2D eigenvalue weighted by atomic mass is 10.1. The number of halogens is 1. The van der Waals surface area contributed by atoms with Crippen LogP contribution < -0.4 is 16.4 Å². The molecule has 130 valence electrons. The number of benzene rings is 2. The molecule has 0 unspecified atom stereocenters. The normalized spacial score (nSPS) is 16.0. The molecule has 4 N–H and O–H groups in total. The van der Waals surface area contributed by atoms with Crippen LogP contribution in [0.25, 0.3) is 0 Å². The highest BCUT2D eigenvalue weighted by Gasteiger charge is 2.16. The molecule has 0 bridgehead atoms. The molecule has 0 radical (unpaired) electrons. The SMILES string of the molecule is NC1=N[C@@H](CCc2ccc(NC(=O)Nc3ccc(Cl)cc3)cc2)CO1. The molecule has 2 aromatic rings. The molecule has 0 saturated carbocycles. The van der Waals surface area contributed by atoms with Crippen LogP contribution in [0, 0.1) is 0 Å². The Morgan fingerprint density at radius 3 is 2.28 bits per heavy atom. The predicted molar refractivity (Wildman–Crippen MR) is 100 cm³/mol. The average molecular weight is 359 g/mol. The van der Waals surface area contributed by atoms with E-state index in [1.807, 2.05) is 24.3 Å². The molecular weight excluding hydrogens is 340 g/mol. The van der Waals surface area contributed by atoms with Gasteiger partial charge in [-0.15, -0.1) is 0 Å². The predicted octanol–water partition coefficient (Wildman–Crippen LogP) is 3.63. The monoisotopic (exact) mass is 358 g/mol. The zero-order valence-corrected chi connectivity index (χ0v) is 14.3. The lowest BCUT2D eigenvalue weighted by Gasteiger charge is -2.09. The lowest BCUT2D eigenvalue weighted by molar-refractivity contribution is 0.262. The van der Waals surface area contributed by atoms with E-state index in [0.29, 0.717) is 17.3 Å². The summed E-state index contributed by atoms with van der Waals surface area (Å²) in [5.41, 5.74) is 8.07. The van der Waals surface area contributed by atoms with Crippen molar-refractivity contribution in [2.24, 2.45) is 10.7 Å². The highest BCUT2D eigenvalue weighted by atomic mass is 35.5. The highest BCUT2D eigenvalue weighted by molar-refractivity contribution is 6.30. The molecule has 0 spiro atoms. The van der Waals surface area contributed by atoms with Crippen LogP contribution in [-0.4, -0.2) is 24.7 Å². The van der Waals surface area contributed by atoms with Gasteiger partial charge in [-0.1, -0.05) is 23.7 Å². The molecule has 0 fully saturated rings. The highest BCUT2D eigenvalue weighted by Crippen LogP contribution is 2.16. The van der Waals surface area contributed by atoms with E-state index in [4.69, 9.17) is 22.1 Å². The number of nitrogens with one attached hydrogen (secondary N) is 2. The number of nitrogens with zero attached hydrogens (tertiary/aromatic N) is 1. The molecule has 1 heterocycles. The number of amidine groups is 1. The fraction of sp³-hybridized carbons (Fsp3) is 0.222. The van der Waals surface area contributed by atoms with Crippen molar-refractivity contribution >= 4 is 35.0 Å². The number of nitrogens with two attached hydrogens (primary N) is 1. The Bertz CT molecular complexity index is 760. The molecule has 0 aliphatic carbocycles. The number of anilines is 2. The number of amides is 2. The Balaban J connectivity index is 1.48. The number of aryl methyl sites for hydroxylation is 1. The molecule has 6 nitrogen and oxygen atoms in total. The number of carbonyl (C=O) groups is 1. The van der Waals surface area contributed by atoms with E-state index in [-0.39, 0.29) is 18.1 Å². The van der Waals surface area contributed by atoms with Gasteiger partial charge in [0.2, 0.25) is 0 Å². The third-order valence-corrected chi connectivity index (χ3v) is 4.07. The van der Waals surface area contributed by atoms with Gasteiger partial charge in [-0.3, -0.25) is 0 Å². The van der Waals surface area contributed by atoms with E-state index in [0.717, 1.165) is 18.5 Å². The Morgan fingerprint density at radius 1 is 1.12 bits per heavy atom. The summed E-state index contributed by atoms with van der Waals surface area (Å²) in [6.07, 6.45) is 1.76. The van der Waals surface area contributed by atoms with Gasteiger partial charge in [-0.05, 0) is 54.8 Å². The molecule has 0 saturated heterocycles. The fourth-order valence-electron chi connectivity index (χ4n) is 2.50. The Morgan fingerprint density at radius 2 is 1.72 bits per heavy atom. The van der Waals surface area contributed by atoms with E-state index in [1.54, 1.807) is 24.3 Å². The van der Waals surface area contributed by atoms with Crippen molar-refractivity contribution in [2.45, 2.75) is 18.9 Å². The maximum Gasteiger partial charge on any atom is 0.323 e. The first kappa shape index (κ1) is 17.1. The minimum Gasteiger partial charge on any atom is -0.463 e. The van der Waals surface area contributed by atoms with Crippen LogP contribution in [0.3, 0.4) is 0 Å². The maximum atomic E-state index is 12.0. The molecule has 1 atom stereocenters. The van der Waals surface area contributed by atoms with Gasteiger partial charge in [-0.2, -0.15) is 0 Å². The molecule has 1 aliphatic heterocycles. The Labute approximate surface area is 151 Å². The van der Waals surface area contributed by atoms with Crippen LogP contribution in [0.15, 0.2) is 53.5 Å². The number of aliphatic imine (C=N–C) groups is 1. The molecule has 7 heteroatoms. The number of ether oxygens (including phenoxy) is 1. The van der Waals surface area contributed by atoms with Gasteiger partial charge in [0, 0.05) is 16.4 Å². The van der Waals surface area contributed by atoms with E-state index >= 15 is 0 Å². The van der Waals surface area contributed by atoms with Crippen molar-refractivity contribution in [1.29, 1.82) is 0 Å². The van der Waals surface area contributed by atoms with Crippen LogP contribution in [-0.2, 0) is 11.2 Å². The van der Waals surface area contributed by atoms with Gasteiger partial charge in [0.15, 0.2) is 0 Å². The van der Waals surface area contributed by atoms with E-state index < -0.39 is 0 Å². The Kier molecular flexibility index (Phi) is 5.40. The number of carbonyl (C=O) groups excluding carboxylic acids is 1. The van der Waals surface area contributed by atoms with Gasteiger partial charge in [0.05, 0.1) is 6.04 Å². The molecule has 2 aromatic carbocycles. The first-order chi connectivity index (χ1) is 12.1. The van der Waals surface area contributed by atoms with Crippen LogP contribution >= 0.6 is 11.6 Å². The van der Waals surface area contributed by atoms with Gasteiger partial charge in [0.1, 0.15) is 6.61 Å². The summed E-state index contributed by atoms with van der Waals surface area (Å²) in [6, 6.07) is 14.8. The van der Waals surface area contributed by atoms with Crippen molar-refractivity contribution in [3.63, 3.8) is 0 Å². The van der Waals surface area contributed by atoms with Crippen LogP contribution in [0.1, 0.15) is 12.0 Å². The summed E-state index contributed by atoms with van der Waals surface area (Å²) in [6.45, 7) is 0.552. The first-order valence-corrected chi connectivity index (χ1v) is 8.35. The van der Waals surface area contributed by atoms with E-state index in [9.17, 15) is 4.79 Å². The van der Waals surface area contributed by atoms with Gasteiger partial charge >= 0.3 is 6.03 Å². The molecule has 25 heavy (non-hydrogen) atoms. The molecule has 0 aromatic heterocycles. The second-order valence-electron chi connectivity index (χ2n) is 5.75. The zero-order valence-electron chi connectivity index (χ0n) is 13.5. The zero-order chi connectivity index (χ0) is 17.6. The molecule has 3 rings (SSSR count). The summed E-state index contributed by atoms with van der Waals surface area (Å²) in [7, 11) is 0. The smallest absolute Gasteiger partial charge is 0.323 e. The molecule has 2 amide bonds. The topological polar surface area (TPSA) is 88.7 Å². The van der Waals surface area contributed by atoms with Crippen molar-refractivity contribution in [3.8, 4) is 0 Å². The first-order valence-electron chi connectivity index (χ1n) is 7.97. The van der Waals surface area contributed by atoms with Crippen LogP contribution in [0.2, 0.25) is 5.02 Å². The molecule has 1 aliphatic rings. The summed E-state index contributed by atoms with van der Waals surface area (Å²) >= 11 is 5.82. The quantitative estimate of drug-likeness (QED) is 0.762. The van der Waals surface area contributed by atoms with Crippen molar-refractivity contribution in [1.82, 2.24) is 0 Å². The number of hydrogen-bond donors (Lipinski definition) is 3. The maximum absolute atomic E-state index is 12.0. The number of urea groups is 1. The van der Waals surface area contributed by atoms with E-state index in [1.165, 1.54) is 5.56 Å². The lowest BCUT2D eigenvalue weighted by Crippen LogP contribution is -2.19. The number of hydrogen-bond acceptors (Lipinski definition) is 4. The van der Waals surface area contributed by atoms with Gasteiger partial charge in [-0.25, -0.2) is 9.79 Å². The summed E-state index contributed by atoms with van der Waals surface area (Å²) in [5, 5.41) is 6.17. The second kappa shape index (κ2) is 7.90. The minimum atomic E-state index is -0.303. The van der Waals surface area contributed by atoms with Gasteiger partial charge in [0.25, 0.3) is 6.02 Å².